The second-order valence-electron chi connectivity index (χ2n) is 5.04. The first-order chi connectivity index (χ1) is 8.52. The maximum atomic E-state index is 10.7. The molecule has 0 heterocycles. The summed E-state index contributed by atoms with van der Waals surface area (Å²) in [5, 5.41) is 8.82. The van der Waals surface area contributed by atoms with Gasteiger partial charge in [0.2, 0.25) is 0 Å². The van der Waals surface area contributed by atoms with Crippen LogP contribution in [0, 0.1) is 5.92 Å². The van der Waals surface area contributed by atoms with Gasteiger partial charge in [-0.25, -0.2) is 4.79 Å². The molecule has 0 aromatic heterocycles. The number of carboxylic acid groups (broad SMARTS) is 1. The normalized spacial score (nSPS) is 11.2. The van der Waals surface area contributed by atoms with Crippen molar-refractivity contribution < 1.29 is 9.90 Å². The van der Waals surface area contributed by atoms with Gasteiger partial charge in [-0.15, -0.1) is 0 Å². The number of rotatable bonds is 7. The number of nitrogens with zero attached hydrogens (tertiary/aromatic N) is 1. The second kappa shape index (κ2) is 7.17. The van der Waals surface area contributed by atoms with E-state index < -0.39 is 5.97 Å². The molecule has 0 atom stereocenters. The van der Waals surface area contributed by atoms with Crippen molar-refractivity contribution in [3.63, 3.8) is 0 Å². The number of hydrogen-bond acceptors (Lipinski definition) is 2. The summed E-state index contributed by atoms with van der Waals surface area (Å²) >= 11 is 0. The van der Waals surface area contributed by atoms with Crippen LogP contribution in [0.3, 0.4) is 0 Å². The van der Waals surface area contributed by atoms with Crippen molar-refractivity contribution >= 4 is 5.97 Å². The lowest BCUT2D eigenvalue weighted by Gasteiger charge is -2.22. The standard InChI is InChI=1S/C15H23NO2/c1-4-16(11-12(2)3)10-9-13-5-7-14(8-6-13)15(17)18/h5-8,12H,4,9-11H2,1-3H3,(H,17,18). The Kier molecular flexibility index (Phi) is 5.86. The summed E-state index contributed by atoms with van der Waals surface area (Å²) < 4.78 is 0. The van der Waals surface area contributed by atoms with Crippen LogP contribution in [0.4, 0.5) is 0 Å². The molecule has 0 fully saturated rings. The molecule has 0 amide bonds. The third-order valence-corrected chi connectivity index (χ3v) is 2.99. The third kappa shape index (κ3) is 4.88. The molecule has 0 aliphatic carbocycles. The molecule has 0 saturated heterocycles. The minimum Gasteiger partial charge on any atom is -0.478 e. The Bertz CT molecular complexity index is 371. The first-order valence-electron chi connectivity index (χ1n) is 6.57. The lowest BCUT2D eigenvalue weighted by molar-refractivity contribution is 0.0697. The van der Waals surface area contributed by atoms with E-state index in [2.05, 4.69) is 25.7 Å². The summed E-state index contributed by atoms with van der Waals surface area (Å²) in [7, 11) is 0. The largest absolute Gasteiger partial charge is 0.478 e. The Morgan fingerprint density at radius 2 is 1.89 bits per heavy atom. The Labute approximate surface area is 109 Å². The molecular formula is C15H23NO2. The summed E-state index contributed by atoms with van der Waals surface area (Å²) in [6.45, 7) is 9.83. The van der Waals surface area contributed by atoms with E-state index in [4.69, 9.17) is 5.11 Å². The van der Waals surface area contributed by atoms with Gasteiger partial charge in [-0.2, -0.15) is 0 Å². The molecule has 100 valence electrons. The number of aromatic carboxylic acids is 1. The molecule has 1 N–H and O–H groups in total. The predicted octanol–water partition coefficient (Wildman–Crippen LogP) is 2.91. The Hall–Kier alpha value is -1.35. The molecule has 1 aromatic carbocycles. The van der Waals surface area contributed by atoms with Gasteiger partial charge >= 0.3 is 5.97 Å². The Morgan fingerprint density at radius 3 is 2.33 bits per heavy atom. The van der Waals surface area contributed by atoms with Crippen LogP contribution in [-0.2, 0) is 6.42 Å². The average Bonchev–Trinajstić information content (AvgIpc) is 2.34. The zero-order valence-electron chi connectivity index (χ0n) is 11.5. The number of likely N-dealkylation sites (N-methyl/N-ethyl adjacent to an activating group) is 1. The molecular weight excluding hydrogens is 226 g/mol. The zero-order valence-corrected chi connectivity index (χ0v) is 11.5. The van der Waals surface area contributed by atoms with Gasteiger partial charge in [0, 0.05) is 13.1 Å². The van der Waals surface area contributed by atoms with Crippen molar-refractivity contribution in [2.24, 2.45) is 5.92 Å². The van der Waals surface area contributed by atoms with Crippen LogP contribution in [0.15, 0.2) is 24.3 Å². The summed E-state index contributed by atoms with van der Waals surface area (Å²) in [5.74, 6) is -0.184. The van der Waals surface area contributed by atoms with Crippen molar-refractivity contribution in [2.45, 2.75) is 27.2 Å². The molecule has 3 heteroatoms. The van der Waals surface area contributed by atoms with Crippen LogP contribution in [0.1, 0.15) is 36.7 Å². The fourth-order valence-electron chi connectivity index (χ4n) is 2.00. The lowest BCUT2D eigenvalue weighted by Crippen LogP contribution is -2.29. The minimum absolute atomic E-state index is 0.355. The SMILES string of the molecule is CCN(CCc1ccc(C(=O)O)cc1)CC(C)C. The first-order valence-corrected chi connectivity index (χ1v) is 6.57. The fourth-order valence-corrected chi connectivity index (χ4v) is 2.00. The lowest BCUT2D eigenvalue weighted by atomic mass is 10.1. The van der Waals surface area contributed by atoms with Gasteiger partial charge in [0.15, 0.2) is 0 Å². The van der Waals surface area contributed by atoms with Crippen molar-refractivity contribution in [1.29, 1.82) is 0 Å². The van der Waals surface area contributed by atoms with Gasteiger partial charge in [-0.05, 0) is 36.6 Å². The predicted molar refractivity (Wildman–Crippen MR) is 74.1 cm³/mol. The molecule has 0 bridgehead atoms. The number of benzene rings is 1. The Balaban J connectivity index is 2.49. The van der Waals surface area contributed by atoms with Crippen LogP contribution in [0.25, 0.3) is 0 Å². The number of hydrogen-bond donors (Lipinski definition) is 1. The molecule has 0 unspecified atom stereocenters. The first kappa shape index (κ1) is 14.7. The zero-order chi connectivity index (χ0) is 13.5. The van der Waals surface area contributed by atoms with Gasteiger partial charge in [-0.1, -0.05) is 32.9 Å². The van der Waals surface area contributed by atoms with Crippen LogP contribution in [0.2, 0.25) is 0 Å². The van der Waals surface area contributed by atoms with Crippen molar-refractivity contribution in [2.75, 3.05) is 19.6 Å². The number of carboxylic acids is 1. The topological polar surface area (TPSA) is 40.5 Å². The highest BCUT2D eigenvalue weighted by Gasteiger charge is 2.06. The van der Waals surface area contributed by atoms with E-state index in [-0.39, 0.29) is 0 Å². The fraction of sp³-hybridized carbons (Fsp3) is 0.533. The molecule has 0 saturated carbocycles. The molecule has 1 rings (SSSR count). The summed E-state index contributed by atoms with van der Waals surface area (Å²) in [4.78, 5) is 13.2. The van der Waals surface area contributed by atoms with Gasteiger partial charge in [0.25, 0.3) is 0 Å². The molecule has 3 nitrogen and oxygen atoms in total. The molecule has 18 heavy (non-hydrogen) atoms. The summed E-state index contributed by atoms with van der Waals surface area (Å²) in [6, 6.07) is 7.17. The van der Waals surface area contributed by atoms with Gasteiger partial charge in [-0.3, -0.25) is 0 Å². The van der Waals surface area contributed by atoms with E-state index in [1.54, 1.807) is 12.1 Å². The van der Waals surface area contributed by atoms with E-state index in [0.29, 0.717) is 11.5 Å². The van der Waals surface area contributed by atoms with Gasteiger partial charge < -0.3 is 10.0 Å². The summed E-state index contributed by atoms with van der Waals surface area (Å²) in [6.07, 6.45) is 0.973. The maximum Gasteiger partial charge on any atom is 0.335 e. The maximum absolute atomic E-state index is 10.7. The van der Waals surface area contributed by atoms with E-state index in [0.717, 1.165) is 26.1 Å². The molecule has 0 radical (unpaired) electrons. The molecule has 0 aliphatic rings. The smallest absolute Gasteiger partial charge is 0.335 e. The summed E-state index contributed by atoms with van der Waals surface area (Å²) in [5.41, 5.74) is 1.55. The van der Waals surface area contributed by atoms with Crippen LogP contribution in [-0.4, -0.2) is 35.6 Å². The third-order valence-electron chi connectivity index (χ3n) is 2.99. The van der Waals surface area contributed by atoms with Gasteiger partial charge in [0.1, 0.15) is 0 Å². The van der Waals surface area contributed by atoms with Crippen LogP contribution in [0.5, 0.6) is 0 Å². The highest BCUT2D eigenvalue weighted by Crippen LogP contribution is 2.07. The van der Waals surface area contributed by atoms with Crippen LogP contribution >= 0.6 is 0 Å². The second-order valence-corrected chi connectivity index (χ2v) is 5.04. The monoisotopic (exact) mass is 249 g/mol. The molecule has 0 spiro atoms. The Morgan fingerprint density at radius 1 is 1.28 bits per heavy atom. The van der Waals surface area contributed by atoms with Crippen molar-refractivity contribution in [1.82, 2.24) is 4.90 Å². The van der Waals surface area contributed by atoms with E-state index in [1.165, 1.54) is 5.56 Å². The highest BCUT2D eigenvalue weighted by molar-refractivity contribution is 5.87. The van der Waals surface area contributed by atoms with Gasteiger partial charge in [0.05, 0.1) is 5.56 Å². The average molecular weight is 249 g/mol. The molecule has 0 aliphatic heterocycles. The quantitative estimate of drug-likeness (QED) is 0.807. The van der Waals surface area contributed by atoms with E-state index >= 15 is 0 Å². The van der Waals surface area contributed by atoms with E-state index in [9.17, 15) is 4.79 Å². The number of carbonyl (C=O) groups is 1. The highest BCUT2D eigenvalue weighted by atomic mass is 16.4. The van der Waals surface area contributed by atoms with Crippen molar-refractivity contribution in [3.8, 4) is 0 Å². The minimum atomic E-state index is -0.864. The van der Waals surface area contributed by atoms with Crippen molar-refractivity contribution in [3.05, 3.63) is 35.4 Å². The van der Waals surface area contributed by atoms with Crippen LogP contribution < -0.4 is 0 Å². The molecule has 1 aromatic rings. The van der Waals surface area contributed by atoms with E-state index in [1.807, 2.05) is 12.1 Å².